The van der Waals surface area contributed by atoms with Gasteiger partial charge < -0.3 is 24.0 Å². The Hall–Kier alpha value is -2.35. The minimum atomic E-state index is -1.33. The van der Waals surface area contributed by atoms with Gasteiger partial charge in [-0.2, -0.15) is 0 Å². The van der Waals surface area contributed by atoms with Gasteiger partial charge in [0.1, 0.15) is 5.56 Å². The van der Waals surface area contributed by atoms with Crippen molar-refractivity contribution in [3.05, 3.63) is 27.7 Å². The van der Waals surface area contributed by atoms with Crippen molar-refractivity contribution in [2.75, 3.05) is 13.7 Å². The average molecular weight is 348 g/mol. The molecule has 4 rings (SSSR count). The maximum Gasteiger partial charge on any atom is 0.341 e. The van der Waals surface area contributed by atoms with Crippen molar-refractivity contribution < 1.29 is 24.2 Å². The molecular weight excluding hydrogens is 328 g/mol. The molecule has 1 saturated heterocycles. The van der Waals surface area contributed by atoms with E-state index >= 15 is 0 Å². The van der Waals surface area contributed by atoms with Crippen molar-refractivity contribution in [3.63, 3.8) is 0 Å². The zero-order chi connectivity index (χ0) is 17.9. The van der Waals surface area contributed by atoms with E-state index in [1.807, 2.05) is 6.92 Å². The van der Waals surface area contributed by atoms with Crippen molar-refractivity contribution in [2.24, 2.45) is 0 Å². The maximum absolute atomic E-state index is 13.3. The lowest BCUT2D eigenvalue weighted by Gasteiger charge is -2.54. The van der Waals surface area contributed by atoms with E-state index in [0.717, 1.165) is 19.3 Å². The van der Waals surface area contributed by atoms with Gasteiger partial charge in [-0.1, -0.05) is 0 Å². The summed E-state index contributed by atoms with van der Waals surface area (Å²) in [6, 6.07) is -0.245. The molecule has 0 radical (unpaired) electrons. The first kappa shape index (κ1) is 16.1. The van der Waals surface area contributed by atoms with Crippen LogP contribution in [0.2, 0.25) is 0 Å². The Morgan fingerprint density at radius 2 is 2.16 bits per heavy atom. The summed E-state index contributed by atoms with van der Waals surface area (Å²) in [5, 5.41) is 9.37. The number of methoxy groups -OCH3 is 1. The fourth-order valence-electron chi connectivity index (χ4n) is 4.62. The number of aromatic carboxylic acids is 1. The Labute approximate surface area is 143 Å². The Balaban J connectivity index is 2.03. The maximum atomic E-state index is 13.3. The van der Waals surface area contributed by atoms with E-state index in [2.05, 4.69) is 0 Å². The molecular formula is C17H20N2O6. The van der Waals surface area contributed by atoms with Crippen LogP contribution in [-0.4, -0.2) is 51.9 Å². The topological polar surface area (TPSA) is 98.1 Å². The number of carboxylic acids is 1. The van der Waals surface area contributed by atoms with Gasteiger partial charge in [0.2, 0.25) is 5.43 Å². The van der Waals surface area contributed by atoms with Gasteiger partial charge in [-0.25, -0.2) is 4.79 Å². The average Bonchev–Trinajstić information content (AvgIpc) is 2.97. The van der Waals surface area contributed by atoms with Crippen LogP contribution in [0.5, 0.6) is 5.75 Å². The second-order valence-corrected chi connectivity index (χ2v) is 6.88. The molecule has 0 bridgehead atoms. The number of hydrogen-bond donors (Lipinski definition) is 1. The van der Waals surface area contributed by atoms with Crippen molar-refractivity contribution >= 4 is 11.9 Å². The Bertz CT molecular complexity index is 831. The van der Waals surface area contributed by atoms with E-state index < -0.39 is 22.7 Å². The molecule has 1 aliphatic carbocycles. The van der Waals surface area contributed by atoms with E-state index in [9.17, 15) is 19.5 Å². The minimum absolute atomic E-state index is 0.0189. The summed E-state index contributed by atoms with van der Waals surface area (Å²) >= 11 is 0. The number of ether oxygens (including phenoxy) is 2. The van der Waals surface area contributed by atoms with E-state index in [0.29, 0.717) is 13.0 Å². The number of rotatable bonds is 2. The highest BCUT2D eigenvalue weighted by Crippen LogP contribution is 2.51. The molecule has 1 aromatic heterocycles. The van der Waals surface area contributed by atoms with Gasteiger partial charge in [-0.15, -0.1) is 0 Å². The third-order valence-electron chi connectivity index (χ3n) is 5.65. The molecule has 2 aliphatic heterocycles. The van der Waals surface area contributed by atoms with Gasteiger partial charge in [-0.05, 0) is 32.6 Å². The SMILES string of the molecule is COc1c2n(cc(C(=O)O)c1=O)[C@H]1CCC[C@]13OCC[C@@H](C)N3C2=O. The molecule has 0 aromatic carbocycles. The number of fused-ring (bicyclic) bond motifs is 2. The van der Waals surface area contributed by atoms with Gasteiger partial charge in [0, 0.05) is 12.2 Å². The van der Waals surface area contributed by atoms with Crippen LogP contribution in [0.15, 0.2) is 11.0 Å². The number of hydrogen-bond acceptors (Lipinski definition) is 5. The van der Waals surface area contributed by atoms with Crippen molar-refractivity contribution in [1.29, 1.82) is 0 Å². The van der Waals surface area contributed by atoms with Crippen LogP contribution in [0.3, 0.4) is 0 Å². The highest BCUT2D eigenvalue weighted by molar-refractivity contribution is 5.98. The summed E-state index contributed by atoms with van der Waals surface area (Å²) < 4.78 is 12.9. The van der Waals surface area contributed by atoms with Gasteiger partial charge in [0.25, 0.3) is 5.91 Å². The summed E-state index contributed by atoms with van der Waals surface area (Å²) in [5.74, 6) is -1.88. The summed E-state index contributed by atoms with van der Waals surface area (Å²) in [4.78, 5) is 39.0. The highest BCUT2D eigenvalue weighted by atomic mass is 16.5. The Kier molecular flexibility index (Phi) is 3.44. The molecule has 0 unspecified atom stereocenters. The summed E-state index contributed by atoms with van der Waals surface area (Å²) in [5.41, 5.74) is -1.81. The molecule has 3 heterocycles. The van der Waals surface area contributed by atoms with Crippen molar-refractivity contribution in [2.45, 2.75) is 50.4 Å². The Morgan fingerprint density at radius 3 is 2.84 bits per heavy atom. The molecule has 3 atom stereocenters. The molecule has 1 spiro atoms. The summed E-state index contributed by atoms with van der Waals surface area (Å²) in [6.07, 6.45) is 4.30. The van der Waals surface area contributed by atoms with Crippen LogP contribution in [-0.2, 0) is 4.74 Å². The van der Waals surface area contributed by atoms with Gasteiger partial charge in [0.15, 0.2) is 17.2 Å². The lowest BCUT2D eigenvalue weighted by molar-refractivity contribution is -0.204. The monoisotopic (exact) mass is 348 g/mol. The smallest absolute Gasteiger partial charge is 0.341 e. The predicted molar refractivity (Wildman–Crippen MR) is 86.0 cm³/mol. The van der Waals surface area contributed by atoms with E-state index in [1.165, 1.54) is 13.3 Å². The first-order chi connectivity index (χ1) is 11.9. The molecule has 1 saturated carbocycles. The number of pyridine rings is 1. The fourth-order valence-corrected chi connectivity index (χ4v) is 4.62. The summed E-state index contributed by atoms with van der Waals surface area (Å²) in [6.45, 7) is 2.53. The first-order valence-electron chi connectivity index (χ1n) is 8.46. The van der Waals surface area contributed by atoms with Crippen LogP contribution in [0.4, 0.5) is 0 Å². The molecule has 1 aromatic rings. The molecule has 1 N–H and O–H groups in total. The summed E-state index contributed by atoms with van der Waals surface area (Å²) in [7, 11) is 1.28. The number of carbonyl (C=O) groups is 2. The lowest BCUT2D eigenvalue weighted by Crippen LogP contribution is -2.66. The highest BCUT2D eigenvalue weighted by Gasteiger charge is 2.59. The standard InChI is InChI=1S/C17H20N2O6/c1-9-5-7-25-17-6-3-4-11(17)18-8-10(16(22)23)13(20)14(24-2)12(18)15(21)19(9)17/h8-9,11H,3-7H2,1-2H3,(H,22,23)/t9-,11+,17+/m1/s1. The number of nitrogens with zero attached hydrogens (tertiary/aromatic N) is 2. The number of aromatic nitrogens is 1. The Morgan fingerprint density at radius 1 is 1.40 bits per heavy atom. The number of carboxylic acid groups (broad SMARTS) is 1. The molecule has 3 aliphatic rings. The third-order valence-corrected chi connectivity index (χ3v) is 5.65. The normalized spacial score (nSPS) is 30.5. The first-order valence-corrected chi connectivity index (χ1v) is 8.46. The molecule has 8 heteroatoms. The van der Waals surface area contributed by atoms with E-state index in [1.54, 1.807) is 9.47 Å². The third kappa shape index (κ3) is 1.94. The van der Waals surface area contributed by atoms with E-state index in [-0.39, 0.29) is 29.4 Å². The second-order valence-electron chi connectivity index (χ2n) is 6.88. The number of amides is 1. The van der Waals surface area contributed by atoms with Crippen molar-refractivity contribution in [3.8, 4) is 5.75 Å². The minimum Gasteiger partial charge on any atom is -0.491 e. The quantitative estimate of drug-likeness (QED) is 0.863. The van der Waals surface area contributed by atoms with E-state index in [4.69, 9.17) is 9.47 Å². The van der Waals surface area contributed by atoms with Crippen LogP contribution in [0.25, 0.3) is 0 Å². The van der Waals surface area contributed by atoms with Gasteiger partial charge >= 0.3 is 5.97 Å². The van der Waals surface area contributed by atoms with Crippen molar-refractivity contribution in [1.82, 2.24) is 9.47 Å². The fraction of sp³-hybridized carbons (Fsp3) is 0.588. The molecule has 1 amide bonds. The molecule has 134 valence electrons. The van der Waals surface area contributed by atoms with Crippen LogP contribution in [0, 0.1) is 0 Å². The zero-order valence-corrected chi connectivity index (χ0v) is 14.2. The van der Waals surface area contributed by atoms with Gasteiger partial charge in [-0.3, -0.25) is 9.59 Å². The molecule has 8 nitrogen and oxygen atoms in total. The predicted octanol–water partition coefficient (Wildman–Crippen LogP) is 1.24. The van der Waals surface area contributed by atoms with Crippen LogP contribution < -0.4 is 10.2 Å². The second kappa shape index (κ2) is 5.32. The molecule has 25 heavy (non-hydrogen) atoms. The zero-order valence-electron chi connectivity index (χ0n) is 14.2. The number of carbonyl (C=O) groups excluding carboxylic acids is 1. The van der Waals surface area contributed by atoms with Gasteiger partial charge in [0.05, 0.1) is 19.8 Å². The lowest BCUT2D eigenvalue weighted by atomic mass is 9.93. The molecule has 2 fully saturated rings. The largest absolute Gasteiger partial charge is 0.491 e. The van der Waals surface area contributed by atoms with Crippen LogP contribution in [0.1, 0.15) is 59.5 Å². The van der Waals surface area contributed by atoms with Crippen LogP contribution >= 0.6 is 0 Å².